The first-order chi connectivity index (χ1) is 10.2. The zero-order valence-corrected chi connectivity index (χ0v) is 15.9. The van der Waals surface area contributed by atoms with Crippen LogP contribution in [0, 0.1) is 0 Å². The number of hydrogen-bond acceptors (Lipinski definition) is 2. The summed E-state index contributed by atoms with van der Waals surface area (Å²) in [5, 5.41) is 2.87. The van der Waals surface area contributed by atoms with Crippen molar-refractivity contribution in [3.05, 3.63) is 56.5 Å². The van der Waals surface area contributed by atoms with E-state index in [-0.39, 0.29) is 11.3 Å². The van der Waals surface area contributed by atoms with E-state index in [4.69, 9.17) is 5.73 Å². The molecular weight excluding hydrogens is 408 g/mol. The Morgan fingerprint density at radius 3 is 2.00 bits per heavy atom. The molecular formula is C17H18Br2N2O. The van der Waals surface area contributed by atoms with Crippen molar-refractivity contribution in [1.82, 2.24) is 0 Å². The van der Waals surface area contributed by atoms with Crippen LogP contribution in [0.1, 0.15) is 36.7 Å². The number of anilines is 2. The summed E-state index contributed by atoms with van der Waals surface area (Å²) in [7, 11) is 0. The molecule has 0 saturated carbocycles. The van der Waals surface area contributed by atoms with E-state index in [0.717, 1.165) is 8.95 Å². The van der Waals surface area contributed by atoms with Gasteiger partial charge < -0.3 is 11.1 Å². The van der Waals surface area contributed by atoms with Gasteiger partial charge in [-0.05, 0) is 67.1 Å². The second-order valence-electron chi connectivity index (χ2n) is 6.14. The molecule has 0 unspecified atom stereocenters. The Morgan fingerprint density at radius 2 is 1.55 bits per heavy atom. The highest BCUT2D eigenvalue weighted by Crippen LogP contribution is 2.32. The summed E-state index contributed by atoms with van der Waals surface area (Å²) in [5.41, 5.74) is 9.02. The van der Waals surface area contributed by atoms with E-state index in [1.54, 1.807) is 12.1 Å². The summed E-state index contributed by atoms with van der Waals surface area (Å²) in [6, 6.07) is 11.2. The van der Waals surface area contributed by atoms with Crippen molar-refractivity contribution in [3.63, 3.8) is 0 Å². The molecule has 0 radical (unpaired) electrons. The molecule has 0 bridgehead atoms. The molecule has 2 rings (SSSR count). The number of nitrogens with two attached hydrogens (primary N) is 1. The summed E-state index contributed by atoms with van der Waals surface area (Å²) in [6.07, 6.45) is 0. The number of nitrogen functional groups attached to an aromatic ring is 1. The molecule has 0 spiro atoms. The summed E-state index contributed by atoms with van der Waals surface area (Å²) < 4.78 is 1.47. The highest BCUT2D eigenvalue weighted by atomic mass is 79.9. The van der Waals surface area contributed by atoms with Gasteiger partial charge in [0.05, 0.1) is 5.69 Å². The van der Waals surface area contributed by atoms with Crippen LogP contribution in [0.3, 0.4) is 0 Å². The van der Waals surface area contributed by atoms with Gasteiger partial charge in [0.1, 0.15) is 0 Å². The predicted molar refractivity (Wildman–Crippen MR) is 99.3 cm³/mol. The zero-order valence-electron chi connectivity index (χ0n) is 12.7. The van der Waals surface area contributed by atoms with Gasteiger partial charge in [0.15, 0.2) is 0 Å². The Bertz CT molecular complexity index is 681. The lowest BCUT2D eigenvalue weighted by Crippen LogP contribution is -2.14. The third-order valence-corrected chi connectivity index (χ3v) is 4.66. The highest BCUT2D eigenvalue weighted by molar-refractivity contribution is 9.11. The normalized spacial score (nSPS) is 11.3. The fourth-order valence-corrected chi connectivity index (χ4v) is 3.17. The van der Waals surface area contributed by atoms with Crippen molar-refractivity contribution < 1.29 is 4.79 Å². The molecule has 116 valence electrons. The standard InChI is InChI=1S/C17H18Br2N2O/c1-17(2,3)11-6-4-10(5-7-11)16(22)21-12-8-13(18)15(20)14(19)9-12/h4-9H,20H2,1-3H3,(H,21,22). The zero-order chi connectivity index (χ0) is 16.5. The highest BCUT2D eigenvalue weighted by Gasteiger charge is 2.14. The maximum Gasteiger partial charge on any atom is 0.255 e. The van der Waals surface area contributed by atoms with E-state index in [2.05, 4.69) is 57.9 Å². The Morgan fingerprint density at radius 1 is 1.05 bits per heavy atom. The van der Waals surface area contributed by atoms with Crippen molar-refractivity contribution in [2.75, 3.05) is 11.1 Å². The minimum absolute atomic E-state index is 0.0711. The summed E-state index contributed by atoms with van der Waals surface area (Å²) in [5.74, 6) is -0.149. The third kappa shape index (κ3) is 3.90. The molecule has 2 aromatic rings. The van der Waals surface area contributed by atoms with Crippen molar-refractivity contribution >= 4 is 49.1 Å². The van der Waals surface area contributed by atoms with E-state index in [0.29, 0.717) is 16.9 Å². The van der Waals surface area contributed by atoms with Crippen molar-refractivity contribution in [1.29, 1.82) is 0 Å². The summed E-state index contributed by atoms with van der Waals surface area (Å²) >= 11 is 6.74. The molecule has 0 aliphatic heterocycles. The Hall–Kier alpha value is -1.33. The Balaban J connectivity index is 2.19. The molecule has 0 aromatic heterocycles. The topological polar surface area (TPSA) is 55.1 Å². The lowest BCUT2D eigenvalue weighted by atomic mass is 9.87. The fourth-order valence-electron chi connectivity index (χ4n) is 1.98. The molecule has 0 fully saturated rings. The van der Waals surface area contributed by atoms with Crippen LogP contribution in [0.15, 0.2) is 45.3 Å². The predicted octanol–water partition coefficient (Wildman–Crippen LogP) is 5.34. The molecule has 3 nitrogen and oxygen atoms in total. The lowest BCUT2D eigenvalue weighted by Gasteiger charge is -2.19. The summed E-state index contributed by atoms with van der Waals surface area (Å²) in [4.78, 5) is 12.3. The van der Waals surface area contributed by atoms with Crippen LogP contribution in [0.25, 0.3) is 0 Å². The van der Waals surface area contributed by atoms with Gasteiger partial charge in [-0.3, -0.25) is 4.79 Å². The van der Waals surface area contributed by atoms with E-state index < -0.39 is 0 Å². The van der Waals surface area contributed by atoms with Crippen molar-refractivity contribution in [2.24, 2.45) is 0 Å². The van der Waals surface area contributed by atoms with Crippen LogP contribution >= 0.6 is 31.9 Å². The van der Waals surface area contributed by atoms with E-state index in [1.165, 1.54) is 5.56 Å². The number of hydrogen-bond donors (Lipinski definition) is 2. The van der Waals surface area contributed by atoms with Crippen molar-refractivity contribution in [3.8, 4) is 0 Å². The van der Waals surface area contributed by atoms with Crippen molar-refractivity contribution in [2.45, 2.75) is 26.2 Å². The quantitative estimate of drug-likeness (QED) is 0.637. The number of carbonyl (C=O) groups excluding carboxylic acids is 1. The number of carbonyl (C=O) groups is 1. The second-order valence-corrected chi connectivity index (χ2v) is 7.84. The largest absolute Gasteiger partial charge is 0.397 e. The van der Waals surface area contributed by atoms with Crippen LogP contribution in [-0.2, 0) is 5.41 Å². The monoisotopic (exact) mass is 424 g/mol. The van der Waals surface area contributed by atoms with Gasteiger partial charge in [-0.15, -0.1) is 0 Å². The average Bonchev–Trinajstić information content (AvgIpc) is 2.44. The molecule has 0 aliphatic rings. The SMILES string of the molecule is CC(C)(C)c1ccc(C(=O)Nc2cc(Br)c(N)c(Br)c2)cc1. The lowest BCUT2D eigenvalue weighted by molar-refractivity contribution is 0.102. The molecule has 0 heterocycles. The van der Waals surface area contributed by atoms with Gasteiger partial charge in [0, 0.05) is 20.2 Å². The average molecular weight is 426 g/mol. The number of rotatable bonds is 2. The number of benzene rings is 2. The Kier molecular flexibility index (Phi) is 4.97. The molecule has 0 aliphatic carbocycles. The van der Waals surface area contributed by atoms with Crippen LogP contribution in [0.2, 0.25) is 0 Å². The smallest absolute Gasteiger partial charge is 0.255 e. The third-order valence-electron chi connectivity index (χ3n) is 3.35. The number of halogens is 2. The maximum atomic E-state index is 12.3. The summed E-state index contributed by atoms with van der Waals surface area (Å²) in [6.45, 7) is 6.43. The van der Waals surface area contributed by atoms with E-state index in [1.807, 2.05) is 24.3 Å². The minimum atomic E-state index is -0.149. The van der Waals surface area contributed by atoms with Crippen LogP contribution < -0.4 is 11.1 Å². The van der Waals surface area contributed by atoms with E-state index in [9.17, 15) is 4.79 Å². The first-order valence-corrected chi connectivity index (χ1v) is 8.43. The van der Waals surface area contributed by atoms with Gasteiger partial charge in [-0.1, -0.05) is 32.9 Å². The molecule has 0 atom stereocenters. The first-order valence-electron chi connectivity index (χ1n) is 6.85. The molecule has 22 heavy (non-hydrogen) atoms. The van der Waals surface area contributed by atoms with Gasteiger partial charge in [0.25, 0.3) is 5.91 Å². The van der Waals surface area contributed by atoms with Gasteiger partial charge in [0.2, 0.25) is 0 Å². The molecule has 2 aromatic carbocycles. The maximum absolute atomic E-state index is 12.3. The first kappa shape index (κ1) is 17.0. The molecule has 5 heteroatoms. The number of amides is 1. The van der Waals surface area contributed by atoms with E-state index >= 15 is 0 Å². The van der Waals surface area contributed by atoms with Gasteiger partial charge in [-0.25, -0.2) is 0 Å². The fraction of sp³-hybridized carbons (Fsp3) is 0.235. The van der Waals surface area contributed by atoms with Gasteiger partial charge in [-0.2, -0.15) is 0 Å². The molecule has 0 saturated heterocycles. The van der Waals surface area contributed by atoms with Crippen LogP contribution in [0.4, 0.5) is 11.4 Å². The van der Waals surface area contributed by atoms with Crippen LogP contribution in [-0.4, -0.2) is 5.91 Å². The van der Waals surface area contributed by atoms with Gasteiger partial charge >= 0.3 is 0 Å². The number of nitrogens with one attached hydrogen (secondary N) is 1. The second kappa shape index (κ2) is 6.42. The van der Waals surface area contributed by atoms with Crippen LogP contribution in [0.5, 0.6) is 0 Å². The Labute approximate surface area is 147 Å². The molecule has 3 N–H and O–H groups in total. The molecule has 1 amide bonds. The minimum Gasteiger partial charge on any atom is -0.397 e.